The number of nitrogens with zero attached hydrogens (tertiary/aromatic N) is 1. The Morgan fingerprint density at radius 2 is 1.60 bits per heavy atom. The van der Waals surface area contributed by atoms with Crippen LogP contribution in [0.3, 0.4) is 0 Å². The van der Waals surface area contributed by atoms with E-state index >= 15 is 0 Å². The molecule has 0 saturated heterocycles. The summed E-state index contributed by atoms with van der Waals surface area (Å²) < 4.78 is 0. The zero-order chi connectivity index (χ0) is 22.5. The maximum atomic E-state index is 13.0. The smallest absolute Gasteiger partial charge is 0.251 e. The van der Waals surface area contributed by atoms with E-state index in [9.17, 15) is 9.59 Å². The maximum absolute atomic E-state index is 13.0. The molecular formula is C25H41N3O2. The van der Waals surface area contributed by atoms with E-state index in [-0.39, 0.29) is 28.7 Å². The van der Waals surface area contributed by atoms with Crippen LogP contribution >= 0.6 is 0 Å². The summed E-state index contributed by atoms with van der Waals surface area (Å²) in [5, 5.41) is 6.10. The van der Waals surface area contributed by atoms with Gasteiger partial charge in [-0.15, -0.1) is 0 Å². The van der Waals surface area contributed by atoms with E-state index < -0.39 is 6.04 Å². The molecule has 0 heterocycles. The van der Waals surface area contributed by atoms with Gasteiger partial charge in [-0.05, 0) is 56.0 Å². The second-order valence-electron chi connectivity index (χ2n) is 10.4. The van der Waals surface area contributed by atoms with Crippen LogP contribution in [0.5, 0.6) is 0 Å². The van der Waals surface area contributed by atoms with Crippen LogP contribution in [0.4, 0.5) is 0 Å². The fourth-order valence-electron chi connectivity index (χ4n) is 4.23. The van der Waals surface area contributed by atoms with Gasteiger partial charge in [-0.25, -0.2) is 0 Å². The van der Waals surface area contributed by atoms with Gasteiger partial charge in [0, 0.05) is 17.6 Å². The number of likely N-dealkylation sites (N-methyl/N-ethyl adjacent to an activating group) is 1. The fraction of sp³-hybridized carbons (Fsp3) is 0.680. The summed E-state index contributed by atoms with van der Waals surface area (Å²) in [4.78, 5) is 28.1. The molecule has 2 rings (SSSR count). The van der Waals surface area contributed by atoms with Crippen molar-refractivity contribution < 1.29 is 9.59 Å². The largest absolute Gasteiger partial charge is 0.352 e. The highest BCUT2D eigenvalue weighted by atomic mass is 16.2. The second-order valence-corrected chi connectivity index (χ2v) is 10.4. The van der Waals surface area contributed by atoms with E-state index in [2.05, 4.69) is 50.4 Å². The molecule has 5 heteroatoms. The first-order chi connectivity index (χ1) is 14.0. The van der Waals surface area contributed by atoms with Gasteiger partial charge in [0.05, 0.1) is 0 Å². The van der Waals surface area contributed by atoms with Crippen molar-refractivity contribution in [1.29, 1.82) is 0 Å². The van der Waals surface area contributed by atoms with Crippen LogP contribution in [0, 0.1) is 5.92 Å². The molecule has 0 unspecified atom stereocenters. The Labute approximate surface area is 183 Å². The molecular weight excluding hydrogens is 374 g/mol. The molecule has 0 radical (unpaired) electrons. The van der Waals surface area contributed by atoms with Crippen molar-refractivity contribution in [3.8, 4) is 0 Å². The van der Waals surface area contributed by atoms with Crippen molar-refractivity contribution in [1.82, 2.24) is 15.5 Å². The van der Waals surface area contributed by atoms with Crippen LogP contribution in [0.25, 0.3) is 0 Å². The lowest BCUT2D eigenvalue weighted by atomic mass is 9.80. The summed E-state index contributed by atoms with van der Waals surface area (Å²) in [7, 11) is 4.20. The third-order valence-electron chi connectivity index (χ3n) is 6.57. The molecule has 2 amide bonds. The van der Waals surface area contributed by atoms with Crippen LogP contribution in [0.2, 0.25) is 0 Å². The van der Waals surface area contributed by atoms with Gasteiger partial charge in [0.25, 0.3) is 5.91 Å². The summed E-state index contributed by atoms with van der Waals surface area (Å²) in [6.07, 6.45) is 5.85. The molecule has 0 aromatic heterocycles. The highest BCUT2D eigenvalue weighted by molar-refractivity contribution is 5.97. The average Bonchev–Trinajstić information content (AvgIpc) is 2.69. The lowest BCUT2D eigenvalue weighted by Gasteiger charge is -2.43. The lowest BCUT2D eigenvalue weighted by Crippen LogP contribution is -2.57. The molecule has 1 aromatic carbocycles. The van der Waals surface area contributed by atoms with Crippen molar-refractivity contribution in [2.75, 3.05) is 20.6 Å². The summed E-state index contributed by atoms with van der Waals surface area (Å²) in [6.45, 7) is 11.0. The van der Waals surface area contributed by atoms with Gasteiger partial charge < -0.3 is 15.5 Å². The van der Waals surface area contributed by atoms with E-state index in [0.29, 0.717) is 12.1 Å². The highest BCUT2D eigenvalue weighted by Crippen LogP contribution is 2.31. The molecule has 1 fully saturated rings. The number of nitrogens with one attached hydrogen (secondary N) is 2. The lowest BCUT2D eigenvalue weighted by molar-refractivity contribution is -0.124. The molecule has 0 spiro atoms. The Bertz CT molecular complexity index is 711. The Hall–Kier alpha value is -1.88. The summed E-state index contributed by atoms with van der Waals surface area (Å²) in [5.41, 5.74) is 1.82. The van der Waals surface area contributed by atoms with E-state index in [4.69, 9.17) is 0 Å². The number of carbonyl (C=O) groups excluding carboxylic acids is 2. The first kappa shape index (κ1) is 24.4. The Morgan fingerprint density at radius 3 is 2.07 bits per heavy atom. The zero-order valence-electron chi connectivity index (χ0n) is 20.0. The van der Waals surface area contributed by atoms with Gasteiger partial charge in [0.2, 0.25) is 5.91 Å². The average molecular weight is 416 g/mol. The Kier molecular flexibility index (Phi) is 8.09. The highest BCUT2D eigenvalue weighted by Gasteiger charge is 2.35. The predicted molar refractivity (Wildman–Crippen MR) is 124 cm³/mol. The zero-order valence-corrected chi connectivity index (χ0v) is 20.0. The van der Waals surface area contributed by atoms with Gasteiger partial charge in [0.1, 0.15) is 6.04 Å². The first-order valence-corrected chi connectivity index (χ1v) is 11.3. The summed E-state index contributed by atoms with van der Waals surface area (Å²) in [5.74, 6) is -0.301. The van der Waals surface area contributed by atoms with Crippen LogP contribution < -0.4 is 10.6 Å². The molecule has 1 aliphatic carbocycles. The van der Waals surface area contributed by atoms with Gasteiger partial charge in [-0.3, -0.25) is 9.59 Å². The molecule has 1 saturated carbocycles. The monoisotopic (exact) mass is 415 g/mol. The predicted octanol–water partition coefficient (Wildman–Crippen LogP) is 4.12. The van der Waals surface area contributed by atoms with E-state index in [1.54, 1.807) is 0 Å². The molecule has 0 aliphatic heterocycles. The molecule has 1 aliphatic rings. The van der Waals surface area contributed by atoms with Crippen LogP contribution in [-0.2, 0) is 10.2 Å². The minimum absolute atomic E-state index is 0.00413. The van der Waals surface area contributed by atoms with Gasteiger partial charge >= 0.3 is 0 Å². The van der Waals surface area contributed by atoms with Crippen LogP contribution in [0.15, 0.2) is 24.3 Å². The number of carbonyl (C=O) groups is 2. The Balaban J connectivity index is 2.04. The van der Waals surface area contributed by atoms with E-state index in [0.717, 1.165) is 12.8 Å². The van der Waals surface area contributed by atoms with Crippen molar-refractivity contribution in [3.63, 3.8) is 0 Å². The first-order valence-electron chi connectivity index (χ1n) is 11.3. The quantitative estimate of drug-likeness (QED) is 0.704. The summed E-state index contributed by atoms with van der Waals surface area (Å²) in [6, 6.07) is 7.11. The molecule has 2 N–H and O–H groups in total. The Morgan fingerprint density at radius 1 is 1.03 bits per heavy atom. The van der Waals surface area contributed by atoms with Crippen LogP contribution in [-0.4, -0.2) is 48.9 Å². The molecule has 30 heavy (non-hydrogen) atoms. The SMILES string of the molecule is CC(C)[C@H](NC(=O)c1ccc(C(C)(C)C)cc1)C(=O)NCC1(N(C)C)CCCCC1. The number of amides is 2. The second kappa shape index (κ2) is 9.95. The number of rotatable bonds is 7. The maximum Gasteiger partial charge on any atom is 0.251 e. The standard InChI is InChI=1S/C25H41N3O2/c1-18(2)21(23(30)26-17-25(28(6)7)15-9-8-10-16-25)27-22(29)19-11-13-20(14-12-19)24(3,4)5/h11-14,18,21H,8-10,15-17H2,1-7H3,(H,26,30)(H,27,29)/t21-/m0/s1. The van der Waals surface area contributed by atoms with Crippen LogP contribution in [0.1, 0.15) is 82.6 Å². The van der Waals surface area contributed by atoms with Crippen molar-refractivity contribution >= 4 is 11.8 Å². The molecule has 168 valence electrons. The third-order valence-corrected chi connectivity index (χ3v) is 6.57. The van der Waals surface area contributed by atoms with E-state index in [1.165, 1.54) is 24.8 Å². The van der Waals surface area contributed by atoms with Gasteiger partial charge in [-0.2, -0.15) is 0 Å². The molecule has 1 atom stereocenters. The molecule has 5 nitrogen and oxygen atoms in total. The molecule has 1 aromatic rings. The minimum Gasteiger partial charge on any atom is -0.352 e. The normalized spacial score (nSPS) is 17.6. The van der Waals surface area contributed by atoms with E-state index in [1.807, 2.05) is 38.1 Å². The number of hydrogen-bond acceptors (Lipinski definition) is 3. The number of hydrogen-bond donors (Lipinski definition) is 2. The minimum atomic E-state index is -0.553. The van der Waals surface area contributed by atoms with Gasteiger partial charge in [-0.1, -0.05) is 66.0 Å². The van der Waals surface area contributed by atoms with Crippen molar-refractivity contribution in [2.45, 2.75) is 83.7 Å². The number of benzene rings is 1. The third kappa shape index (κ3) is 6.07. The van der Waals surface area contributed by atoms with Crippen molar-refractivity contribution in [3.05, 3.63) is 35.4 Å². The van der Waals surface area contributed by atoms with Crippen molar-refractivity contribution in [2.24, 2.45) is 5.92 Å². The summed E-state index contributed by atoms with van der Waals surface area (Å²) >= 11 is 0. The molecule has 0 bridgehead atoms. The van der Waals surface area contributed by atoms with Gasteiger partial charge in [0.15, 0.2) is 0 Å². The fourth-order valence-corrected chi connectivity index (χ4v) is 4.23. The topological polar surface area (TPSA) is 61.4 Å².